The topological polar surface area (TPSA) is 87.5 Å². The Kier molecular flexibility index (Phi) is 5.10. The minimum Gasteiger partial charge on any atom is -0.368 e. The van der Waals surface area contributed by atoms with Gasteiger partial charge in [-0.3, -0.25) is 4.79 Å². The molecule has 1 fully saturated rings. The molecule has 114 valence electrons. The number of urea groups is 1. The zero-order chi connectivity index (χ0) is 15.2. The van der Waals surface area contributed by atoms with E-state index in [9.17, 15) is 14.0 Å². The van der Waals surface area contributed by atoms with Crippen LogP contribution in [0.15, 0.2) is 24.3 Å². The fourth-order valence-corrected chi connectivity index (χ4v) is 2.41. The van der Waals surface area contributed by atoms with Crippen molar-refractivity contribution in [2.45, 2.75) is 18.9 Å². The van der Waals surface area contributed by atoms with E-state index >= 15 is 0 Å². The molecule has 1 heterocycles. The molecule has 7 heteroatoms. The maximum Gasteiger partial charge on any atom is 0.322 e. The molecule has 1 saturated heterocycles. The van der Waals surface area contributed by atoms with Gasteiger partial charge in [-0.05, 0) is 44.1 Å². The van der Waals surface area contributed by atoms with Crippen LogP contribution in [-0.4, -0.2) is 42.5 Å². The molecule has 0 unspecified atom stereocenters. The van der Waals surface area contributed by atoms with Gasteiger partial charge in [-0.25, -0.2) is 9.18 Å². The number of carbonyl (C=O) groups is 2. The van der Waals surface area contributed by atoms with Gasteiger partial charge in [-0.15, -0.1) is 0 Å². The van der Waals surface area contributed by atoms with Gasteiger partial charge in [0.15, 0.2) is 0 Å². The SMILES string of the molecule is NC(=O)CN(C(=O)Nc1cccc(F)c1)C1CCNCC1. The Labute approximate surface area is 122 Å². The number of benzene rings is 1. The number of piperidine rings is 1. The van der Waals surface area contributed by atoms with E-state index in [0.717, 1.165) is 25.9 Å². The number of amides is 3. The van der Waals surface area contributed by atoms with Crippen LogP contribution in [0.3, 0.4) is 0 Å². The van der Waals surface area contributed by atoms with Crippen LogP contribution in [0.5, 0.6) is 0 Å². The van der Waals surface area contributed by atoms with Crippen LogP contribution in [0.2, 0.25) is 0 Å². The van der Waals surface area contributed by atoms with Crippen molar-refractivity contribution in [2.24, 2.45) is 5.73 Å². The molecule has 0 atom stereocenters. The van der Waals surface area contributed by atoms with E-state index in [1.807, 2.05) is 0 Å². The fraction of sp³-hybridized carbons (Fsp3) is 0.429. The van der Waals surface area contributed by atoms with Crippen molar-refractivity contribution in [3.05, 3.63) is 30.1 Å². The summed E-state index contributed by atoms with van der Waals surface area (Å²) in [7, 11) is 0. The lowest BCUT2D eigenvalue weighted by Gasteiger charge is -2.33. The van der Waals surface area contributed by atoms with Crippen molar-refractivity contribution in [1.82, 2.24) is 10.2 Å². The van der Waals surface area contributed by atoms with E-state index < -0.39 is 17.8 Å². The van der Waals surface area contributed by atoms with Crippen LogP contribution in [0.4, 0.5) is 14.9 Å². The normalized spacial score (nSPS) is 15.5. The number of nitrogens with one attached hydrogen (secondary N) is 2. The number of anilines is 1. The number of carbonyl (C=O) groups excluding carboxylic acids is 2. The number of primary amides is 1. The molecule has 3 amide bonds. The number of nitrogens with zero attached hydrogens (tertiary/aromatic N) is 1. The van der Waals surface area contributed by atoms with Gasteiger partial charge < -0.3 is 21.3 Å². The van der Waals surface area contributed by atoms with E-state index in [1.165, 1.54) is 23.1 Å². The Morgan fingerprint density at radius 2 is 2.10 bits per heavy atom. The smallest absolute Gasteiger partial charge is 0.322 e. The average Bonchev–Trinajstić information content (AvgIpc) is 2.45. The van der Waals surface area contributed by atoms with Crippen molar-refractivity contribution < 1.29 is 14.0 Å². The summed E-state index contributed by atoms with van der Waals surface area (Å²) in [5.74, 6) is -1.00. The molecule has 1 aromatic carbocycles. The van der Waals surface area contributed by atoms with Crippen LogP contribution >= 0.6 is 0 Å². The number of hydrogen-bond acceptors (Lipinski definition) is 3. The lowest BCUT2D eigenvalue weighted by atomic mass is 10.1. The van der Waals surface area contributed by atoms with Crippen molar-refractivity contribution in [2.75, 3.05) is 25.0 Å². The van der Waals surface area contributed by atoms with Gasteiger partial charge in [0.25, 0.3) is 0 Å². The van der Waals surface area contributed by atoms with Gasteiger partial charge in [0.05, 0.1) is 0 Å². The first-order valence-electron chi connectivity index (χ1n) is 6.88. The predicted octanol–water partition coefficient (Wildman–Crippen LogP) is 0.897. The number of hydrogen-bond donors (Lipinski definition) is 3. The van der Waals surface area contributed by atoms with E-state index in [1.54, 1.807) is 6.07 Å². The molecule has 0 spiro atoms. The molecule has 0 bridgehead atoms. The molecular formula is C14H19FN4O2. The third-order valence-corrected chi connectivity index (χ3v) is 3.41. The highest BCUT2D eigenvalue weighted by Crippen LogP contribution is 2.15. The van der Waals surface area contributed by atoms with Crippen molar-refractivity contribution in [3.63, 3.8) is 0 Å². The maximum atomic E-state index is 13.1. The van der Waals surface area contributed by atoms with Gasteiger partial charge in [0.1, 0.15) is 12.4 Å². The molecule has 0 aromatic heterocycles. The van der Waals surface area contributed by atoms with Gasteiger partial charge in [-0.1, -0.05) is 6.07 Å². The molecule has 0 radical (unpaired) electrons. The van der Waals surface area contributed by atoms with Crippen LogP contribution in [0, 0.1) is 5.82 Å². The Balaban J connectivity index is 2.07. The van der Waals surface area contributed by atoms with E-state index in [2.05, 4.69) is 10.6 Å². The lowest BCUT2D eigenvalue weighted by Crippen LogP contribution is -2.50. The summed E-state index contributed by atoms with van der Waals surface area (Å²) in [5.41, 5.74) is 5.57. The zero-order valence-electron chi connectivity index (χ0n) is 11.6. The van der Waals surface area contributed by atoms with Crippen LogP contribution in [0.25, 0.3) is 0 Å². The van der Waals surface area contributed by atoms with Gasteiger partial charge in [-0.2, -0.15) is 0 Å². The van der Waals surface area contributed by atoms with E-state index in [4.69, 9.17) is 5.73 Å². The summed E-state index contributed by atoms with van der Waals surface area (Å²) in [6.07, 6.45) is 1.51. The molecule has 4 N–H and O–H groups in total. The summed E-state index contributed by atoms with van der Waals surface area (Å²) < 4.78 is 13.1. The first-order valence-corrected chi connectivity index (χ1v) is 6.88. The highest BCUT2D eigenvalue weighted by atomic mass is 19.1. The summed E-state index contributed by atoms with van der Waals surface area (Å²) in [6.45, 7) is 1.42. The van der Waals surface area contributed by atoms with Gasteiger partial charge in [0.2, 0.25) is 5.91 Å². The Morgan fingerprint density at radius 1 is 1.38 bits per heavy atom. The van der Waals surface area contributed by atoms with Crippen molar-refractivity contribution in [1.29, 1.82) is 0 Å². The highest BCUT2D eigenvalue weighted by Gasteiger charge is 2.26. The average molecular weight is 294 g/mol. The maximum absolute atomic E-state index is 13.1. The number of nitrogens with two attached hydrogens (primary N) is 1. The van der Waals surface area contributed by atoms with Crippen LogP contribution in [-0.2, 0) is 4.79 Å². The second kappa shape index (κ2) is 7.03. The first-order chi connectivity index (χ1) is 10.1. The van der Waals surface area contributed by atoms with Gasteiger partial charge >= 0.3 is 6.03 Å². The van der Waals surface area contributed by atoms with E-state index in [0.29, 0.717) is 5.69 Å². The predicted molar refractivity (Wildman–Crippen MR) is 77.2 cm³/mol. The van der Waals surface area contributed by atoms with Crippen LogP contribution in [0.1, 0.15) is 12.8 Å². The monoisotopic (exact) mass is 294 g/mol. The van der Waals surface area contributed by atoms with Gasteiger partial charge in [0, 0.05) is 11.7 Å². The minimum absolute atomic E-state index is 0.0488. The molecule has 1 aliphatic heterocycles. The summed E-state index contributed by atoms with van der Waals surface area (Å²) in [4.78, 5) is 24.9. The highest BCUT2D eigenvalue weighted by molar-refractivity contribution is 5.92. The lowest BCUT2D eigenvalue weighted by molar-refractivity contribution is -0.119. The van der Waals surface area contributed by atoms with E-state index in [-0.39, 0.29) is 12.6 Å². The number of halogens is 1. The Hall–Kier alpha value is -2.15. The molecular weight excluding hydrogens is 275 g/mol. The molecule has 1 aliphatic rings. The molecule has 6 nitrogen and oxygen atoms in total. The molecule has 0 saturated carbocycles. The van der Waals surface area contributed by atoms with Crippen LogP contribution < -0.4 is 16.4 Å². The first kappa shape index (κ1) is 15.2. The summed E-state index contributed by atoms with van der Waals surface area (Å²) >= 11 is 0. The minimum atomic E-state index is -0.567. The molecule has 0 aliphatic carbocycles. The fourth-order valence-electron chi connectivity index (χ4n) is 2.41. The quantitative estimate of drug-likeness (QED) is 0.771. The second-order valence-corrected chi connectivity index (χ2v) is 5.02. The standard InChI is InChI=1S/C14H19FN4O2/c15-10-2-1-3-11(8-10)18-14(21)19(9-13(16)20)12-4-6-17-7-5-12/h1-3,8,12,17H,4-7,9H2,(H2,16,20)(H,18,21). The Morgan fingerprint density at radius 3 is 2.71 bits per heavy atom. The van der Waals surface area contributed by atoms with Crippen molar-refractivity contribution >= 4 is 17.6 Å². The Bertz CT molecular complexity index is 517. The zero-order valence-corrected chi connectivity index (χ0v) is 11.6. The summed E-state index contributed by atoms with van der Waals surface area (Å²) in [6, 6.07) is 5.13. The summed E-state index contributed by atoms with van der Waals surface area (Å²) in [5, 5.41) is 5.80. The number of rotatable bonds is 4. The largest absolute Gasteiger partial charge is 0.368 e. The third kappa shape index (κ3) is 4.42. The second-order valence-electron chi connectivity index (χ2n) is 5.02. The van der Waals surface area contributed by atoms with Crippen molar-refractivity contribution in [3.8, 4) is 0 Å². The third-order valence-electron chi connectivity index (χ3n) is 3.41. The molecule has 2 rings (SSSR count). The molecule has 21 heavy (non-hydrogen) atoms. The molecule has 1 aromatic rings.